The molecular weight excluding hydrogens is 371 g/mol. The minimum atomic E-state index is -0.144. The number of Topliss-reactive ketones (excluding diaryl/α,β-unsaturated/α-hetero) is 2. The van der Waals surface area contributed by atoms with Crippen molar-refractivity contribution in [2.24, 2.45) is 0 Å². The van der Waals surface area contributed by atoms with E-state index in [1.54, 1.807) is 24.3 Å². The first kappa shape index (κ1) is 18.8. The van der Waals surface area contributed by atoms with Crippen LogP contribution < -0.4 is 0 Å². The molecule has 0 saturated heterocycles. The zero-order valence-corrected chi connectivity index (χ0v) is 15.7. The number of carbonyl (C=O) groups is 3. The second kappa shape index (κ2) is 8.15. The number of carbonyl (C=O) groups excluding carboxylic acids is 3. The van der Waals surface area contributed by atoms with E-state index in [1.807, 2.05) is 12.1 Å². The molecule has 1 aliphatic rings. The molecule has 0 saturated carbocycles. The van der Waals surface area contributed by atoms with E-state index in [0.29, 0.717) is 59.7 Å². The summed E-state index contributed by atoms with van der Waals surface area (Å²) in [6.07, 6.45) is 1.95. The molecule has 3 nitrogen and oxygen atoms in total. The molecule has 134 valence electrons. The summed E-state index contributed by atoms with van der Waals surface area (Å²) in [6.45, 7) is 0. The lowest BCUT2D eigenvalue weighted by Crippen LogP contribution is -2.03. The zero-order valence-electron chi connectivity index (χ0n) is 14.2. The van der Waals surface area contributed by atoms with Gasteiger partial charge in [0.2, 0.25) is 0 Å². The predicted octanol–water partition coefficient (Wildman–Crippen LogP) is 5.30. The van der Waals surface area contributed by atoms with Gasteiger partial charge in [0.25, 0.3) is 0 Å². The van der Waals surface area contributed by atoms with Gasteiger partial charge < -0.3 is 0 Å². The Kier molecular flexibility index (Phi) is 5.90. The third kappa shape index (κ3) is 3.60. The molecule has 0 fully saturated rings. The molecule has 3 rings (SSSR count). The Hall–Kier alpha value is -1.97. The molecule has 0 aromatic heterocycles. The third-order valence-electron chi connectivity index (χ3n) is 4.54. The molecule has 0 radical (unpaired) electrons. The smallest absolute Gasteiger partial charge is 0.194 e. The van der Waals surface area contributed by atoms with Crippen LogP contribution in [0.2, 0.25) is 0 Å². The van der Waals surface area contributed by atoms with Gasteiger partial charge in [-0.15, -0.1) is 23.2 Å². The third-order valence-corrected chi connectivity index (χ3v) is 5.07. The quantitative estimate of drug-likeness (QED) is 0.388. The lowest BCUT2D eigenvalue weighted by molar-refractivity contribution is 0.0974. The van der Waals surface area contributed by atoms with Gasteiger partial charge in [-0.3, -0.25) is 14.4 Å². The molecule has 5 heteroatoms. The standard InChI is InChI=1S/C21H18Cl2O3/c22-9-1-3-19(24)13-5-7-15-16-8-6-14(20(25)4-2-10-23)12-18(16)21(26)17(15)11-13/h5-8,11-12H,1-4,9-10H2. The summed E-state index contributed by atoms with van der Waals surface area (Å²) in [7, 11) is 0. The highest BCUT2D eigenvalue weighted by Gasteiger charge is 2.28. The fourth-order valence-electron chi connectivity index (χ4n) is 3.17. The number of benzene rings is 2. The van der Waals surface area contributed by atoms with E-state index in [-0.39, 0.29) is 17.3 Å². The van der Waals surface area contributed by atoms with Gasteiger partial charge in [0.15, 0.2) is 17.3 Å². The molecule has 0 atom stereocenters. The molecule has 0 amide bonds. The molecule has 26 heavy (non-hydrogen) atoms. The van der Waals surface area contributed by atoms with E-state index < -0.39 is 0 Å². The van der Waals surface area contributed by atoms with Crippen LogP contribution in [0.15, 0.2) is 36.4 Å². The highest BCUT2D eigenvalue weighted by molar-refractivity contribution is 6.23. The van der Waals surface area contributed by atoms with Crippen molar-refractivity contribution in [2.75, 3.05) is 11.8 Å². The van der Waals surface area contributed by atoms with Gasteiger partial charge in [0.1, 0.15) is 0 Å². The minimum Gasteiger partial charge on any atom is -0.294 e. The van der Waals surface area contributed by atoms with Crippen molar-refractivity contribution < 1.29 is 14.4 Å². The Labute approximate surface area is 162 Å². The first-order chi connectivity index (χ1) is 12.6. The molecular formula is C21H18Cl2O3. The second-order valence-electron chi connectivity index (χ2n) is 6.28. The summed E-state index contributed by atoms with van der Waals surface area (Å²) in [5, 5.41) is 0. The lowest BCUT2D eigenvalue weighted by Gasteiger charge is -2.04. The van der Waals surface area contributed by atoms with Crippen molar-refractivity contribution in [3.63, 3.8) is 0 Å². The highest BCUT2D eigenvalue weighted by atomic mass is 35.5. The fraction of sp³-hybridized carbons (Fsp3) is 0.286. The Balaban J connectivity index is 1.91. The maximum atomic E-state index is 12.8. The van der Waals surface area contributed by atoms with Crippen LogP contribution in [0, 0.1) is 0 Å². The number of hydrogen-bond donors (Lipinski definition) is 0. The molecule has 2 aromatic carbocycles. The maximum absolute atomic E-state index is 12.8. The average Bonchev–Trinajstić information content (AvgIpc) is 2.95. The molecule has 0 unspecified atom stereocenters. The van der Waals surface area contributed by atoms with Crippen molar-refractivity contribution in [1.29, 1.82) is 0 Å². The Morgan fingerprint density at radius 1 is 0.692 bits per heavy atom. The van der Waals surface area contributed by atoms with Crippen molar-refractivity contribution in [3.8, 4) is 11.1 Å². The topological polar surface area (TPSA) is 51.2 Å². The zero-order chi connectivity index (χ0) is 18.7. The van der Waals surface area contributed by atoms with Crippen molar-refractivity contribution >= 4 is 40.6 Å². The average molecular weight is 389 g/mol. The summed E-state index contributed by atoms with van der Waals surface area (Å²) < 4.78 is 0. The molecule has 0 heterocycles. The normalized spacial score (nSPS) is 12.0. The van der Waals surface area contributed by atoms with Crippen LogP contribution in [-0.2, 0) is 0 Å². The van der Waals surface area contributed by atoms with E-state index in [0.717, 1.165) is 11.1 Å². The Bertz CT molecular complexity index is 815. The molecule has 2 aromatic rings. The van der Waals surface area contributed by atoms with Gasteiger partial charge in [0, 0.05) is 46.9 Å². The SMILES string of the molecule is O=C(CCCCl)c1ccc2c(c1)C(=O)c1cc(C(=O)CCCCl)ccc1-2. The van der Waals surface area contributed by atoms with Crippen LogP contribution in [0.5, 0.6) is 0 Å². The van der Waals surface area contributed by atoms with E-state index in [9.17, 15) is 14.4 Å². The fourth-order valence-corrected chi connectivity index (χ4v) is 3.44. The Morgan fingerprint density at radius 2 is 1.12 bits per heavy atom. The first-order valence-corrected chi connectivity index (χ1v) is 9.65. The van der Waals surface area contributed by atoms with Crippen molar-refractivity contribution in [1.82, 2.24) is 0 Å². The number of ketones is 3. The monoisotopic (exact) mass is 388 g/mol. The number of rotatable bonds is 8. The van der Waals surface area contributed by atoms with Gasteiger partial charge >= 0.3 is 0 Å². The first-order valence-electron chi connectivity index (χ1n) is 8.58. The predicted molar refractivity (Wildman–Crippen MR) is 104 cm³/mol. The van der Waals surface area contributed by atoms with Crippen LogP contribution in [0.1, 0.15) is 62.3 Å². The number of halogens is 2. The van der Waals surface area contributed by atoms with Crippen LogP contribution in [0.3, 0.4) is 0 Å². The largest absolute Gasteiger partial charge is 0.294 e. The summed E-state index contributed by atoms with van der Waals surface area (Å²) >= 11 is 11.3. The van der Waals surface area contributed by atoms with E-state index >= 15 is 0 Å². The molecule has 1 aliphatic carbocycles. The van der Waals surface area contributed by atoms with Crippen LogP contribution >= 0.6 is 23.2 Å². The summed E-state index contributed by atoms with van der Waals surface area (Å²) in [6, 6.07) is 10.4. The number of alkyl halides is 2. The summed E-state index contributed by atoms with van der Waals surface area (Å²) in [5.41, 5.74) is 3.68. The lowest BCUT2D eigenvalue weighted by atomic mass is 9.99. The van der Waals surface area contributed by atoms with Crippen molar-refractivity contribution in [2.45, 2.75) is 25.7 Å². The number of hydrogen-bond acceptors (Lipinski definition) is 3. The summed E-state index contributed by atoms with van der Waals surface area (Å²) in [4.78, 5) is 37.2. The highest BCUT2D eigenvalue weighted by Crippen LogP contribution is 2.37. The second-order valence-corrected chi connectivity index (χ2v) is 7.04. The van der Waals surface area contributed by atoms with Gasteiger partial charge in [-0.05, 0) is 36.1 Å². The van der Waals surface area contributed by atoms with E-state index in [4.69, 9.17) is 23.2 Å². The van der Waals surface area contributed by atoms with Crippen LogP contribution in [0.25, 0.3) is 11.1 Å². The van der Waals surface area contributed by atoms with Crippen molar-refractivity contribution in [3.05, 3.63) is 58.7 Å². The molecule has 0 bridgehead atoms. The van der Waals surface area contributed by atoms with Gasteiger partial charge in [-0.2, -0.15) is 0 Å². The molecule has 0 aliphatic heterocycles. The van der Waals surface area contributed by atoms with Gasteiger partial charge in [-0.25, -0.2) is 0 Å². The molecule has 0 spiro atoms. The van der Waals surface area contributed by atoms with Crippen LogP contribution in [0.4, 0.5) is 0 Å². The number of fused-ring (bicyclic) bond motifs is 3. The van der Waals surface area contributed by atoms with Gasteiger partial charge in [0.05, 0.1) is 0 Å². The van der Waals surface area contributed by atoms with Gasteiger partial charge in [-0.1, -0.05) is 24.3 Å². The van der Waals surface area contributed by atoms with E-state index in [1.165, 1.54) is 0 Å². The Morgan fingerprint density at radius 3 is 1.50 bits per heavy atom. The van der Waals surface area contributed by atoms with E-state index in [2.05, 4.69) is 0 Å². The molecule has 0 N–H and O–H groups in total. The minimum absolute atomic E-state index is 0.0193. The van der Waals surface area contributed by atoms with Crippen LogP contribution in [-0.4, -0.2) is 29.1 Å². The maximum Gasteiger partial charge on any atom is 0.194 e. The summed E-state index contributed by atoms with van der Waals surface area (Å²) in [5.74, 6) is 0.681.